The van der Waals surface area contributed by atoms with Gasteiger partial charge in [-0.2, -0.15) is 0 Å². The number of amides is 3. The van der Waals surface area contributed by atoms with Gasteiger partial charge in [0.1, 0.15) is 12.6 Å². The summed E-state index contributed by atoms with van der Waals surface area (Å²) < 4.78 is 0. The molecule has 3 amide bonds. The molecule has 7 heteroatoms. The molecule has 3 aliphatic heterocycles. The normalized spacial score (nSPS) is 24.4. The molecule has 31 heavy (non-hydrogen) atoms. The van der Waals surface area contributed by atoms with Crippen molar-refractivity contribution in [3.63, 3.8) is 0 Å². The van der Waals surface area contributed by atoms with E-state index in [0.717, 1.165) is 31.4 Å². The van der Waals surface area contributed by atoms with Crippen LogP contribution in [0.4, 0.5) is 0 Å². The zero-order valence-corrected chi connectivity index (χ0v) is 18.5. The first kappa shape index (κ1) is 21.8. The van der Waals surface area contributed by atoms with Crippen molar-refractivity contribution in [3.05, 3.63) is 35.4 Å². The van der Waals surface area contributed by atoms with E-state index in [1.807, 2.05) is 12.1 Å². The SMILES string of the molecule is CC1CCCCN1CCCNC(=O)c1ccc(CN2CC(=O)N3CCCC3C2=O)cc1. The Morgan fingerprint density at radius 3 is 2.65 bits per heavy atom. The van der Waals surface area contributed by atoms with Crippen LogP contribution >= 0.6 is 0 Å². The number of piperazine rings is 1. The smallest absolute Gasteiger partial charge is 0.251 e. The van der Waals surface area contributed by atoms with Gasteiger partial charge in [-0.05, 0) is 63.3 Å². The molecule has 4 rings (SSSR count). The first-order valence-electron chi connectivity index (χ1n) is 11.7. The standard InChI is InChI=1S/C24H34N4O3/c1-18-6-2-3-13-26(18)14-5-12-25-23(30)20-10-8-19(9-11-20)16-27-17-22(29)28-15-4-7-21(28)24(27)31/h8-11,18,21H,2-7,12-17H2,1H3,(H,25,30). The lowest BCUT2D eigenvalue weighted by Crippen LogP contribution is -2.56. The quantitative estimate of drug-likeness (QED) is 0.677. The van der Waals surface area contributed by atoms with Crippen molar-refractivity contribution < 1.29 is 14.4 Å². The van der Waals surface area contributed by atoms with Crippen LogP contribution in [-0.2, 0) is 16.1 Å². The molecule has 2 unspecified atom stereocenters. The number of nitrogens with zero attached hydrogens (tertiary/aromatic N) is 3. The molecular formula is C24H34N4O3. The van der Waals surface area contributed by atoms with Crippen LogP contribution in [0.5, 0.6) is 0 Å². The average molecular weight is 427 g/mol. The van der Waals surface area contributed by atoms with E-state index < -0.39 is 0 Å². The number of likely N-dealkylation sites (tertiary alicyclic amines) is 1. The van der Waals surface area contributed by atoms with Gasteiger partial charge in [-0.15, -0.1) is 0 Å². The summed E-state index contributed by atoms with van der Waals surface area (Å²) in [6.07, 6.45) is 6.49. The molecule has 1 aromatic carbocycles. The number of nitrogens with one attached hydrogen (secondary N) is 1. The molecule has 2 atom stereocenters. The summed E-state index contributed by atoms with van der Waals surface area (Å²) >= 11 is 0. The van der Waals surface area contributed by atoms with Crippen LogP contribution in [0, 0.1) is 0 Å². The van der Waals surface area contributed by atoms with E-state index >= 15 is 0 Å². The summed E-state index contributed by atoms with van der Waals surface area (Å²) in [6.45, 7) is 6.41. The Labute approximate surface area is 184 Å². The van der Waals surface area contributed by atoms with E-state index in [4.69, 9.17) is 0 Å². The number of carbonyl (C=O) groups excluding carboxylic acids is 3. The van der Waals surface area contributed by atoms with Crippen LogP contribution in [0.3, 0.4) is 0 Å². The fourth-order valence-electron chi connectivity index (χ4n) is 5.06. The molecule has 0 aliphatic carbocycles. The maximum atomic E-state index is 12.7. The van der Waals surface area contributed by atoms with E-state index in [1.54, 1.807) is 21.9 Å². The van der Waals surface area contributed by atoms with Gasteiger partial charge in [-0.3, -0.25) is 14.4 Å². The van der Waals surface area contributed by atoms with E-state index in [1.165, 1.54) is 25.8 Å². The highest BCUT2D eigenvalue weighted by molar-refractivity contribution is 5.95. The first-order chi connectivity index (χ1) is 15.0. The lowest BCUT2D eigenvalue weighted by atomic mass is 10.0. The third-order valence-electron chi connectivity index (χ3n) is 6.93. The molecule has 3 fully saturated rings. The van der Waals surface area contributed by atoms with Gasteiger partial charge in [0.15, 0.2) is 0 Å². The minimum absolute atomic E-state index is 0.0389. The third-order valence-corrected chi connectivity index (χ3v) is 6.93. The Hall–Kier alpha value is -2.41. The summed E-state index contributed by atoms with van der Waals surface area (Å²) in [5.74, 6) is 0.0167. The summed E-state index contributed by atoms with van der Waals surface area (Å²) in [6, 6.07) is 7.73. The topological polar surface area (TPSA) is 73.0 Å². The van der Waals surface area contributed by atoms with E-state index in [2.05, 4.69) is 17.1 Å². The van der Waals surface area contributed by atoms with Crippen LogP contribution in [0.1, 0.15) is 61.4 Å². The highest BCUT2D eigenvalue weighted by atomic mass is 16.2. The van der Waals surface area contributed by atoms with Crippen molar-refractivity contribution in [1.82, 2.24) is 20.0 Å². The van der Waals surface area contributed by atoms with E-state index in [0.29, 0.717) is 31.2 Å². The van der Waals surface area contributed by atoms with Crippen molar-refractivity contribution in [1.29, 1.82) is 0 Å². The van der Waals surface area contributed by atoms with Crippen LogP contribution in [-0.4, -0.2) is 77.2 Å². The van der Waals surface area contributed by atoms with Gasteiger partial charge < -0.3 is 20.0 Å². The average Bonchev–Trinajstić information content (AvgIpc) is 3.27. The second-order valence-corrected chi connectivity index (χ2v) is 9.13. The lowest BCUT2D eigenvalue weighted by Gasteiger charge is -2.36. The van der Waals surface area contributed by atoms with Gasteiger partial charge in [0.05, 0.1) is 0 Å². The Morgan fingerprint density at radius 2 is 1.87 bits per heavy atom. The Kier molecular flexibility index (Phi) is 6.90. The molecule has 3 heterocycles. The first-order valence-corrected chi connectivity index (χ1v) is 11.7. The van der Waals surface area contributed by atoms with Gasteiger partial charge in [-0.25, -0.2) is 0 Å². The molecular weight excluding hydrogens is 392 g/mol. The number of carbonyl (C=O) groups is 3. The molecule has 7 nitrogen and oxygen atoms in total. The number of hydrogen-bond acceptors (Lipinski definition) is 4. The zero-order valence-electron chi connectivity index (χ0n) is 18.5. The second kappa shape index (κ2) is 9.81. The summed E-state index contributed by atoms with van der Waals surface area (Å²) in [5.41, 5.74) is 1.56. The second-order valence-electron chi connectivity index (χ2n) is 9.13. The van der Waals surface area contributed by atoms with Crippen molar-refractivity contribution in [2.45, 2.75) is 64.1 Å². The van der Waals surface area contributed by atoms with Gasteiger partial charge >= 0.3 is 0 Å². The van der Waals surface area contributed by atoms with Crippen molar-refractivity contribution in [3.8, 4) is 0 Å². The summed E-state index contributed by atoms with van der Waals surface area (Å²) in [4.78, 5) is 43.3. The van der Waals surface area contributed by atoms with Crippen LogP contribution in [0.2, 0.25) is 0 Å². The predicted octanol–water partition coefficient (Wildman–Crippen LogP) is 2.01. The van der Waals surface area contributed by atoms with Crippen molar-refractivity contribution >= 4 is 17.7 Å². The van der Waals surface area contributed by atoms with Crippen LogP contribution in [0.15, 0.2) is 24.3 Å². The molecule has 0 bridgehead atoms. The molecule has 3 aliphatic rings. The molecule has 0 spiro atoms. The molecule has 0 aromatic heterocycles. The molecule has 0 saturated carbocycles. The van der Waals surface area contributed by atoms with E-state index in [-0.39, 0.29) is 30.3 Å². The highest BCUT2D eigenvalue weighted by Crippen LogP contribution is 2.24. The molecule has 0 radical (unpaired) electrons. The number of piperidine rings is 1. The predicted molar refractivity (Wildman–Crippen MR) is 118 cm³/mol. The Bertz CT molecular complexity index is 810. The highest BCUT2D eigenvalue weighted by Gasteiger charge is 2.41. The Balaban J connectivity index is 1.23. The monoisotopic (exact) mass is 426 g/mol. The lowest BCUT2D eigenvalue weighted by molar-refractivity contribution is -0.154. The minimum atomic E-state index is -0.278. The van der Waals surface area contributed by atoms with Gasteiger partial charge in [0.25, 0.3) is 5.91 Å². The Morgan fingerprint density at radius 1 is 1.06 bits per heavy atom. The fourth-order valence-corrected chi connectivity index (χ4v) is 5.06. The van der Waals surface area contributed by atoms with Crippen molar-refractivity contribution in [2.75, 3.05) is 32.7 Å². The maximum absolute atomic E-state index is 12.7. The molecule has 168 valence electrons. The number of hydrogen-bond donors (Lipinski definition) is 1. The fraction of sp³-hybridized carbons (Fsp3) is 0.625. The van der Waals surface area contributed by atoms with Gasteiger partial charge in [-0.1, -0.05) is 18.6 Å². The molecule has 1 N–H and O–H groups in total. The van der Waals surface area contributed by atoms with Gasteiger partial charge in [0, 0.05) is 37.8 Å². The third kappa shape index (κ3) is 5.09. The largest absolute Gasteiger partial charge is 0.352 e. The van der Waals surface area contributed by atoms with Crippen LogP contribution < -0.4 is 5.32 Å². The molecule has 3 saturated heterocycles. The van der Waals surface area contributed by atoms with Crippen LogP contribution in [0.25, 0.3) is 0 Å². The van der Waals surface area contributed by atoms with Gasteiger partial charge in [0.2, 0.25) is 11.8 Å². The van der Waals surface area contributed by atoms with E-state index in [9.17, 15) is 14.4 Å². The number of fused-ring (bicyclic) bond motifs is 1. The summed E-state index contributed by atoms with van der Waals surface area (Å²) in [7, 11) is 0. The maximum Gasteiger partial charge on any atom is 0.251 e. The summed E-state index contributed by atoms with van der Waals surface area (Å²) in [5, 5.41) is 3.01. The zero-order chi connectivity index (χ0) is 21.8. The minimum Gasteiger partial charge on any atom is -0.352 e. The number of rotatable bonds is 7. The van der Waals surface area contributed by atoms with Crippen molar-refractivity contribution in [2.24, 2.45) is 0 Å². The number of benzene rings is 1. The molecule has 1 aromatic rings.